The molecule has 0 fully saturated rings. The number of rotatable bonds is 6. The summed E-state index contributed by atoms with van der Waals surface area (Å²) >= 11 is 5.90. The highest BCUT2D eigenvalue weighted by atomic mass is 35.5. The van der Waals surface area contributed by atoms with Crippen LogP contribution in [-0.2, 0) is 4.79 Å². The molecule has 0 bridgehead atoms. The van der Waals surface area contributed by atoms with Gasteiger partial charge in [-0.3, -0.25) is 19.7 Å². The first kappa shape index (κ1) is 16.9. The van der Waals surface area contributed by atoms with Crippen LogP contribution in [0.1, 0.15) is 30.6 Å². The lowest BCUT2D eigenvalue weighted by atomic mass is 10.1. The maximum Gasteiger partial charge on any atom is 0.305 e. The van der Waals surface area contributed by atoms with Gasteiger partial charge in [-0.25, -0.2) is 0 Å². The van der Waals surface area contributed by atoms with E-state index in [1.165, 1.54) is 23.1 Å². The second-order valence-corrected chi connectivity index (χ2v) is 5.01. The highest BCUT2D eigenvalue weighted by Gasteiger charge is 2.25. The van der Waals surface area contributed by atoms with E-state index in [1.807, 2.05) is 0 Å². The van der Waals surface area contributed by atoms with Gasteiger partial charge in [0.05, 0.1) is 16.9 Å². The fourth-order valence-electron chi connectivity index (χ4n) is 1.79. The molecular weight excluding hydrogens is 300 g/mol. The first-order chi connectivity index (χ1) is 9.75. The van der Waals surface area contributed by atoms with E-state index in [4.69, 9.17) is 16.7 Å². The summed E-state index contributed by atoms with van der Waals surface area (Å²) in [4.78, 5) is 34.5. The number of hydrogen-bond donors (Lipinski definition) is 1. The molecule has 0 saturated heterocycles. The third-order valence-electron chi connectivity index (χ3n) is 2.86. The second kappa shape index (κ2) is 7.03. The highest BCUT2D eigenvalue weighted by Crippen LogP contribution is 2.29. The van der Waals surface area contributed by atoms with Crippen molar-refractivity contribution in [3.05, 3.63) is 38.9 Å². The molecule has 1 N–H and O–H groups in total. The Morgan fingerprint density at radius 1 is 1.43 bits per heavy atom. The van der Waals surface area contributed by atoms with Crippen molar-refractivity contribution in [2.75, 3.05) is 6.54 Å². The lowest BCUT2D eigenvalue weighted by molar-refractivity contribution is -0.384. The van der Waals surface area contributed by atoms with Crippen LogP contribution in [0, 0.1) is 10.1 Å². The van der Waals surface area contributed by atoms with Gasteiger partial charge in [0.1, 0.15) is 5.02 Å². The van der Waals surface area contributed by atoms with Crippen molar-refractivity contribution in [2.24, 2.45) is 0 Å². The number of amides is 1. The summed E-state index contributed by atoms with van der Waals surface area (Å²) in [5.41, 5.74) is -0.366. The number of halogens is 1. The molecule has 0 unspecified atom stereocenters. The van der Waals surface area contributed by atoms with E-state index in [9.17, 15) is 19.7 Å². The van der Waals surface area contributed by atoms with Crippen molar-refractivity contribution in [2.45, 2.75) is 26.3 Å². The predicted octanol–water partition coefficient (Wildman–Crippen LogP) is 2.57. The maximum atomic E-state index is 12.4. The summed E-state index contributed by atoms with van der Waals surface area (Å²) in [5, 5.41) is 19.3. The average molecular weight is 315 g/mol. The van der Waals surface area contributed by atoms with Gasteiger partial charge in [0.2, 0.25) is 0 Å². The van der Waals surface area contributed by atoms with Crippen LogP contribution in [0.15, 0.2) is 18.2 Å². The smallest absolute Gasteiger partial charge is 0.305 e. The molecule has 1 aromatic carbocycles. The largest absolute Gasteiger partial charge is 0.481 e. The van der Waals surface area contributed by atoms with E-state index in [0.29, 0.717) is 0 Å². The fraction of sp³-hybridized carbons (Fsp3) is 0.385. The van der Waals surface area contributed by atoms with Gasteiger partial charge in [0.25, 0.3) is 11.6 Å². The first-order valence-electron chi connectivity index (χ1n) is 6.21. The molecule has 1 aromatic rings. The SMILES string of the molecule is CC(C)N(CCC(=O)O)C(=O)c1cccc([N+](=O)[O-])c1Cl. The van der Waals surface area contributed by atoms with E-state index < -0.39 is 16.8 Å². The number of nitro groups is 1. The number of carbonyl (C=O) groups excluding carboxylic acids is 1. The summed E-state index contributed by atoms with van der Waals surface area (Å²) in [6.45, 7) is 3.46. The number of carboxylic acids is 1. The highest BCUT2D eigenvalue weighted by molar-refractivity contribution is 6.35. The van der Waals surface area contributed by atoms with Crippen LogP contribution in [0.25, 0.3) is 0 Å². The predicted molar refractivity (Wildman–Crippen MR) is 76.5 cm³/mol. The molecule has 1 rings (SSSR count). The Bertz CT molecular complexity index is 574. The van der Waals surface area contributed by atoms with E-state index >= 15 is 0 Å². The molecule has 0 aromatic heterocycles. The number of aliphatic carboxylic acids is 1. The molecule has 1 amide bonds. The Morgan fingerprint density at radius 2 is 2.05 bits per heavy atom. The molecule has 0 heterocycles. The Hall–Kier alpha value is -2.15. The number of hydrogen-bond acceptors (Lipinski definition) is 4. The van der Waals surface area contributed by atoms with E-state index in [0.717, 1.165) is 0 Å². The summed E-state index contributed by atoms with van der Waals surface area (Å²) in [5.74, 6) is -1.56. The maximum absolute atomic E-state index is 12.4. The zero-order valence-corrected chi connectivity index (χ0v) is 12.3. The minimum absolute atomic E-state index is 0.00482. The van der Waals surface area contributed by atoms with Gasteiger partial charge >= 0.3 is 5.97 Å². The molecular formula is C13H15ClN2O5. The zero-order chi connectivity index (χ0) is 16.2. The number of carbonyl (C=O) groups is 2. The fourth-order valence-corrected chi connectivity index (χ4v) is 2.07. The van der Waals surface area contributed by atoms with E-state index in [2.05, 4.69) is 0 Å². The Morgan fingerprint density at radius 3 is 2.52 bits per heavy atom. The molecule has 0 saturated carbocycles. The van der Waals surface area contributed by atoms with Gasteiger partial charge in [0, 0.05) is 18.7 Å². The van der Waals surface area contributed by atoms with Crippen LogP contribution >= 0.6 is 11.6 Å². The topological polar surface area (TPSA) is 101 Å². The van der Waals surface area contributed by atoms with E-state index in [1.54, 1.807) is 13.8 Å². The third kappa shape index (κ3) is 4.16. The van der Waals surface area contributed by atoms with Crippen molar-refractivity contribution < 1.29 is 19.6 Å². The molecule has 0 radical (unpaired) electrons. The minimum atomic E-state index is -1.03. The average Bonchev–Trinajstić information content (AvgIpc) is 2.37. The normalized spacial score (nSPS) is 10.5. The number of nitro benzene ring substituents is 1. The molecule has 0 aliphatic rings. The van der Waals surface area contributed by atoms with Gasteiger partial charge in [-0.1, -0.05) is 17.7 Å². The molecule has 0 atom stereocenters. The number of nitrogens with zero attached hydrogens (tertiary/aromatic N) is 2. The minimum Gasteiger partial charge on any atom is -0.481 e. The van der Waals surface area contributed by atoms with Gasteiger partial charge in [0.15, 0.2) is 0 Å². The Balaban J connectivity index is 3.12. The van der Waals surface area contributed by atoms with Crippen molar-refractivity contribution in [1.29, 1.82) is 0 Å². The molecule has 0 spiro atoms. The molecule has 114 valence electrons. The van der Waals surface area contributed by atoms with Crippen LogP contribution in [-0.4, -0.2) is 39.4 Å². The third-order valence-corrected chi connectivity index (χ3v) is 3.25. The lowest BCUT2D eigenvalue weighted by Gasteiger charge is -2.26. The zero-order valence-electron chi connectivity index (χ0n) is 11.6. The monoisotopic (exact) mass is 314 g/mol. The summed E-state index contributed by atoms with van der Waals surface area (Å²) in [7, 11) is 0. The van der Waals surface area contributed by atoms with Crippen molar-refractivity contribution >= 4 is 29.2 Å². The van der Waals surface area contributed by atoms with Crippen molar-refractivity contribution in [3.63, 3.8) is 0 Å². The molecule has 21 heavy (non-hydrogen) atoms. The van der Waals surface area contributed by atoms with Crippen molar-refractivity contribution in [3.8, 4) is 0 Å². The van der Waals surface area contributed by atoms with Crippen LogP contribution in [0.3, 0.4) is 0 Å². The van der Waals surface area contributed by atoms with E-state index in [-0.39, 0.29) is 35.3 Å². The Kier molecular flexibility index (Phi) is 5.66. The van der Waals surface area contributed by atoms with Gasteiger partial charge in [-0.05, 0) is 19.9 Å². The standard InChI is InChI=1S/C13H15ClN2O5/c1-8(2)15(7-6-11(17)18)13(19)9-4-3-5-10(12(9)14)16(20)21/h3-5,8H,6-7H2,1-2H3,(H,17,18). The molecule has 8 heteroatoms. The second-order valence-electron chi connectivity index (χ2n) is 4.63. The number of carboxylic acid groups (broad SMARTS) is 1. The van der Waals surface area contributed by atoms with Gasteiger partial charge in [-0.15, -0.1) is 0 Å². The first-order valence-corrected chi connectivity index (χ1v) is 6.59. The van der Waals surface area contributed by atoms with Gasteiger partial charge < -0.3 is 10.0 Å². The lowest BCUT2D eigenvalue weighted by Crippen LogP contribution is -2.38. The van der Waals surface area contributed by atoms with Crippen LogP contribution in [0.5, 0.6) is 0 Å². The van der Waals surface area contributed by atoms with Crippen LogP contribution in [0.4, 0.5) is 5.69 Å². The molecule has 0 aliphatic carbocycles. The summed E-state index contributed by atoms with van der Waals surface area (Å²) < 4.78 is 0. The van der Waals surface area contributed by atoms with Crippen LogP contribution in [0.2, 0.25) is 5.02 Å². The molecule has 7 nitrogen and oxygen atoms in total. The Labute approximate surface area is 126 Å². The van der Waals surface area contributed by atoms with Crippen molar-refractivity contribution in [1.82, 2.24) is 4.90 Å². The summed E-state index contributed by atoms with van der Waals surface area (Å²) in [6.07, 6.45) is -0.212. The number of benzene rings is 1. The quantitative estimate of drug-likeness (QED) is 0.642. The molecule has 0 aliphatic heterocycles. The summed E-state index contributed by atoms with van der Waals surface area (Å²) in [6, 6.07) is 3.70. The van der Waals surface area contributed by atoms with Crippen LogP contribution < -0.4 is 0 Å². The van der Waals surface area contributed by atoms with Gasteiger partial charge in [-0.2, -0.15) is 0 Å².